The summed E-state index contributed by atoms with van der Waals surface area (Å²) in [5, 5.41) is 0. The second-order valence-corrected chi connectivity index (χ2v) is 4.45. The number of benzene rings is 2. The van der Waals surface area contributed by atoms with Crippen LogP contribution in [-0.4, -0.2) is 14.2 Å². The Bertz CT molecular complexity index is 574. The zero-order valence-corrected chi connectivity index (χ0v) is 11.6. The van der Waals surface area contributed by atoms with Crippen LogP contribution in [0.5, 0.6) is 5.75 Å². The predicted octanol–water partition coefficient (Wildman–Crippen LogP) is 4.34. The summed E-state index contributed by atoms with van der Waals surface area (Å²) in [4.78, 5) is 1.87. The maximum absolute atomic E-state index is 13.6. The Labute approximate surface area is 117 Å². The van der Waals surface area contributed by atoms with E-state index < -0.39 is 0 Å². The van der Waals surface area contributed by atoms with E-state index in [2.05, 4.69) is 0 Å². The Balaban J connectivity index is 2.43. The lowest BCUT2D eigenvalue weighted by atomic mass is 10.2. The average Bonchev–Trinajstić information content (AvgIpc) is 2.45. The lowest BCUT2D eigenvalue weighted by Gasteiger charge is -2.22. The molecule has 0 heterocycles. The monoisotopic (exact) mass is 279 g/mol. The lowest BCUT2D eigenvalue weighted by molar-refractivity contribution is 0.415. The van der Waals surface area contributed by atoms with E-state index >= 15 is 0 Å². The Kier molecular flexibility index (Phi) is 4.27. The summed E-state index contributed by atoms with van der Waals surface area (Å²) in [5.41, 5.74) is 2.36. The van der Waals surface area contributed by atoms with Crippen LogP contribution in [0.25, 0.3) is 0 Å². The summed E-state index contributed by atoms with van der Waals surface area (Å²) in [5.74, 6) is 0.724. The second kappa shape index (κ2) is 5.93. The molecular weight excluding hydrogens is 265 g/mol. The topological polar surface area (TPSA) is 12.5 Å². The van der Waals surface area contributed by atoms with E-state index in [9.17, 15) is 4.39 Å². The van der Waals surface area contributed by atoms with Gasteiger partial charge in [-0.2, -0.15) is 0 Å². The number of anilines is 2. The van der Waals surface area contributed by atoms with E-state index in [0.29, 0.717) is 0 Å². The summed E-state index contributed by atoms with van der Waals surface area (Å²) in [6, 6.07) is 12.4. The fourth-order valence-electron chi connectivity index (χ4n) is 1.95. The molecule has 0 aliphatic heterocycles. The standard InChI is InChI=1S/C15H15ClFNO/c1-18(14-5-3-4-6-15(14)19-2)13-8-11(10-16)7-12(17)9-13/h3-9H,10H2,1-2H3. The van der Waals surface area contributed by atoms with Crippen molar-refractivity contribution >= 4 is 23.0 Å². The first kappa shape index (κ1) is 13.7. The first-order chi connectivity index (χ1) is 9.15. The molecule has 4 heteroatoms. The molecule has 2 rings (SSSR count). The summed E-state index contributed by atoms with van der Waals surface area (Å²) < 4.78 is 18.9. The molecule has 0 saturated carbocycles. The highest BCUT2D eigenvalue weighted by Gasteiger charge is 2.11. The van der Waals surface area contributed by atoms with Gasteiger partial charge in [0, 0.05) is 18.6 Å². The minimum Gasteiger partial charge on any atom is -0.495 e. The van der Waals surface area contributed by atoms with Crippen LogP contribution in [0.15, 0.2) is 42.5 Å². The molecule has 0 N–H and O–H groups in total. The number of halogens is 2. The molecule has 0 aromatic heterocycles. The van der Waals surface area contributed by atoms with Gasteiger partial charge in [0.15, 0.2) is 0 Å². The van der Waals surface area contributed by atoms with E-state index in [1.165, 1.54) is 12.1 Å². The summed E-state index contributed by atoms with van der Waals surface area (Å²) >= 11 is 5.77. The van der Waals surface area contributed by atoms with Crippen LogP contribution in [0.3, 0.4) is 0 Å². The minimum absolute atomic E-state index is 0.282. The number of alkyl halides is 1. The number of nitrogens with zero attached hydrogens (tertiary/aromatic N) is 1. The molecule has 0 aliphatic carbocycles. The van der Waals surface area contributed by atoms with Crippen LogP contribution in [0.1, 0.15) is 5.56 Å². The van der Waals surface area contributed by atoms with Gasteiger partial charge in [-0.25, -0.2) is 4.39 Å². The average molecular weight is 280 g/mol. The Morgan fingerprint density at radius 2 is 1.95 bits per heavy atom. The third kappa shape index (κ3) is 2.99. The van der Waals surface area contributed by atoms with Crippen LogP contribution in [0, 0.1) is 5.82 Å². The van der Waals surface area contributed by atoms with Crippen molar-refractivity contribution in [3.8, 4) is 5.75 Å². The SMILES string of the molecule is COc1ccccc1N(C)c1cc(F)cc(CCl)c1. The zero-order chi connectivity index (χ0) is 13.8. The van der Waals surface area contributed by atoms with Crippen LogP contribution in [0.2, 0.25) is 0 Å². The molecular formula is C15H15ClFNO. The second-order valence-electron chi connectivity index (χ2n) is 4.18. The number of hydrogen-bond donors (Lipinski definition) is 0. The number of methoxy groups -OCH3 is 1. The fourth-order valence-corrected chi connectivity index (χ4v) is 2.10. The molecule has 0 radical (unpaired) electrons. The van der Waals surface area contributed by atoms with Crippen LogP contribution in [0.4, 0.5) is 15.8 Å². The molecule has 0 spiro atoms. The summed E-state index contributed by atoms with van der Waals surface area (Å²) in [7, 11) is 3.48. The van der Waals surface area contributed by atoms with Gasteiger partial charge in [-0.15, -0.1) is 11.6 Å². The largest absolute Gasteiger partial charge is 0.495 e. The minimum atomic E-state index is -0.296. The van der Waals surface area contributed by atoms with Crippen molar-refractivity contribution in [1.82, 2.24) is 0 Å². The van der Waals surface area contributed by atoms with Crippen molar-refractivity contribution in [3.63, 3.8) is 0 Å². The van der Waals surface area contributed by atoms with Crippen LogP contribution in [-0.2, 0) is 5.88 Å². The van der Waals surface area contributed by atoms with Crippen LogP contribution >= 0.6 is 11.6 Å². The van der Waals surface area contributed by atoms with Crippen molar-refractivity contribution in [2.24, 2.45) is 0 Å². The molecule has 2 aromatic carbocycles. The fraction of sp³-hybridized carbons (Fsp3) is 0.200. The quantitative estimate of drug-likeness (QED) is 0.772. The van der Waals surface area contributed by atoms with E-state index in [-0.39, 0.29) is 11.7 Å². The molecule has 0 unspecified atom stereocenters. The molecule has 2 nitrogen and oxygen atoms in total. The van der Waals surface area contributed by atoms with Gasteiger partial charge in [0.05, 0.1) is 12.8 Å². The highest BCUT2D eigenvalue weighted by molar-refractivity contribution is 6.17. The molecule has 19 heavy (non-hydrogen) atoms. The van der Waals surface area contributed by atoms with Crippen molar-refractivity contribution < 1.29 is 9.13 Å². The normalized spacial score (nSPS) is 10.3. The number of rotatable bonds is 4. The third-order valence-electron chi connectivity index (χ3n) is 2.93. The van der Waals surface area contributed by atoms with E-state index in [4.69, 9.17) is 16.3 Å². The molecule has 0 amide bonds. The molecule has 0 aliphatic rings. The Hall–Kier alpha value is -1.74. The number of para-hydroxylation sites is 2. The number of hydrogen-bond acceptors (Lipinski definition) is 2. The third-order valence-corrected chi connectivity index (χ3v) is 3.24. The molecule has 0 bridgehead atoms. The smallest absolute Gasteiger partial charge is 0.142 e. The van der Waals surface area contributed by atoms with Gasteiger partial charge in [-0.3, -0.25) is 0 Å². The van der Waals surface area contributed by atoms with Gasteiger partial charge in [-0.05, 0) is 35.9 Å². The van der Waals surface area contributed by atoms with Gasteiger partial charge in [-0.1, -0.05) is 12.1 Å². The summed E-state index contributed by atoms with van der Waals surface area (Å²) in [6.45, 7) is 0. The van der Waals surface area contributed by atoms with Crippen molar-refractivity contribution in [1.29, 1.82) is 0 Å². The maximum Gasteiger partial charge on any atom is 0.142 e. The highest BCUT2D eigenvalue weighted by Crippen LogP contribution is 2.33. The maximum atomic E-state index is 13.6. The van der Waals surface area contributed by atoms with Gasteiger partial charge in [0.1, 0.15) is 11.6 Å². The van der Waals surface area contributed by atoms with Gasteiger partial charge in [0.25, 0.3) is 0 Å². The van der Waals surface area contributed by atoms with Crippen LogP contribution < -0.4 is 9.64 Å². The predicted molar refractivity (Wildman–Crippen MR) is 77.0 cm³/mol. The molecule has 100 valence electrons. The van der Waals surface area contributed by atoms with Gasteiger partial charge >= 0.3 is 0 Å². The Morgan fingerprint density at radius 1 is 1.21 bits per heavy atom. The first-order valence-electron chi connectivity index (χ1n) is 5.88. The van der Waals surface area contributed by atoms with E-state index in [1.807, 2.05) is 42.3 Å². The van der Waals surface area contributed by atoms with E-state index in [0.717, 1.165) is 22.7 Å². The van der Waals surface area contributed by atoms with E-state index in [1.54, 1.807) is 7.11 Å². The molecule has 2 aromatic rings. The Morgan fingerprint density at radius 3 is 2.63 bits per heavy atom. The number of ether oxygens (including phenoxy) is 1. The summed E-state index contributed by atoms with van der Waals surface area (Å²) in [6.07, 6.45) is 0. The highest BCUT2D eigenvalue weighted by atomic mass is 35.5. The first-order valence-corrected chi connectivity index (χ1v) is 6.41. The lowest BCUT2D eigenvalue weighted by Crippen LogP contribution is -2.11. The van der Waals surface area contributed by atoms with Crippen molar-refractivity contribution in [2.45, 2.75) is 5.88 Å². The molecule has 0 fully saturated rings. The van der Waals surface area contributed by atoms with Crippen molar-refractivity contribution in [3.05, 3.63) is 53.8 Å². The van der Waals surface area contributed by atoms with Gasteiger partial charge < -0.3 is 9.64 Å². The zero-order valence-electron chi connectivity index (χ0n) is 10.9. The molecule has 0 saturated heterocycles. The van der Waals surface area contributed by atoms with Crippen molar-refractivity contribution in [2.75, 3.05) is 19.1 Å². The molecule has 0 atom stereocenters. The van der Waals surface area contributed by atoms with Gasteiger partial charge in [0.2, 0.25) is 0 Å².